The molecule has 0 amide bonds. The van der Waals surface area contributed by atoms with Gasteiger partial charge in [-0.3, -0.25) is 10.1 Å². The van der Waals surface area contributed by atoms with Gasteiger partial charge in [0.2, 0.25) is 0 Å². The Labute approximate surface area is 120 Å². The van der Waals surface area contributed by atoms with Gasteiger partial charge < -0.3 is 10.1 Å². The van der Waals surface area contributed by atoms with Crippen LogP contribution in [0.2, 0.25) is 0 Å². The van der Waals surface area contributed by atoms with Crippen LogP contribution in [0.1, 0.15) is 24.8 Å². The molecule has 1 fully saturated rings. The van der Waals surface area contributed by atoms with Gasteiger partial charge in [0.05, 0.1) is 11.0 Å². The number of ether oxygens (including phenoxy) is 1. The molecule has 104 valence electrons. The summed E-state index contributed by atoms with van der Waals surface area (Å²) >= 11 is 3.25. The number of nitro groups is 1. The van der Waals surface area contributed by atoms with Crippen LogP contribution in [0.3, 0.4) is 0 Å². The molecule has 0 spiro atoms. The van der Waals surface area contributed by atoms with E-state index >= 15 is 0 Å². The lowest BCUT2D eigenvalue weighted by molar-refractivity contribution is -0.385. The fraction of sp³-hybridized carbons (Fsp3) is 0.538. The van der Waals surface area contributed by atoms with Crippen molar-refractivity contribution in [2.45, 2.75) is 31.9 Å². The first-order valence-corrected chi connectivity index (χ1v) is 7.21. The van der Waals surface area contributed by atoms with E-state index in [-0.39, 0.29) is 16.7 Å². The van der Waals surface area contributed by atoms with E-state index in [4.69, 9.17) is 4.74 Å². The standard InChI is InChI=1S/C13H17BrN2O3/c14-11-5-4-10(13(7-11)16(17)18)8-15-9-12-3-1-2-6-19-12/h4-5,7,12,15H,1-3,6,8-9H2. The maximum absolute atomic E-state index is 11.0. The zero-order valence-electron chi connectivity index (χ0n) is 10.6. The predicted octanol–water partition coefficient (Wildman–Crippen LogP) is 3.02. The van der Waals surface area contributed by atoms with Crippen LogP contribution >= 0.6 is 15.9 Å². The Bertz CT molecular complexity index is 448. The van der Waals surface area contributed by atoms with Crippen LogP contribution < -0.4 is 5.32 Å². The van der Waals surface area contributed by atoms with E-state index < -0.39 is 0 Å². The summed E-state index contributed by atoms with van der Waals surface area (Å²) < 4.78 is 6.33. The normalized spacial score (nSPS) is 19.3. The van der Waals surface area contributed by atoms with E-state index in [1.807, 2.05) is 6.07 Å². The molecule has 6 heteroatoms. The Morgan fingerprint density at radius 2 is 2.32 bits per heavy atom. The van der Waals surface area contributed by atoms with E-state index in [1.165, 1.54) is 12.5 Å². The van der Waals surface area contributed by atoms with Crippen molar-refractivity contribution in [1.82, 2.24) is 5.32 Å². The molecule has 1 heterocycles. The highest BCUT2D eigenvalue weighted by Crippen LogP contribution is 2.23. The summed E-state index contributed by atoms with van der Waals surface area (Å²) in [6.07, 6.45) is 3.64. The molecule has 5 nitrogen and oxygen atoms in total. The summed E-state index contributed by atoms with van der Waals surface area (Å²) in [5.74, 6) is 0. The lowest BCUT2D eigenvalue weighted by Gasteiger charge is -2.22. The third kappa shape index (κ3) is 4.26. The summed E-state index contributed by atoms with van der Waals surface area (Å²) in [7, 11) is 0. The molecule has 1 aliphatic heterocycles. The molecule has 1 unspecified atom stereocenters. The number of hydrogen-bond donors (Lipinski definition) is 1. The highest BCUT2D eigenvalue weighted by atomic mass is 79.9. The zero-order chi connectivity index (χ0) is 13.7. The molecule has 1 N–H and O–H groups in total. The van der Waals surface area contributed by atoms with Crippen LogP contribution in [0, 0.1) is 10.1 Å². The van der Waals surface area contributed by atoms with Crippen molar-refractivity contribution in [3.05, 3.63) is 38.3 Å². The Balaban J connectivity index is 1.89. The monoisotopic (exact) mass is 328 g/mol. The second kappa shape index (κ2) is 6.98. The van der Waals surface area contributed by atoms with Crippen LogP contribution in [0.4, 0.5) is 5.69 Å². The highest BCUT2D eigenvalue weighted by molar-refractivity contribution is 9.10. The summed E-state index contributed by atoms with van der Waals surface area (Å²) in [6, 6.07) is 5.13. The van der Waals surface area contributed by atoms with Crippen molar-refractivity contribution in [3.63, 3.8) is 0 Å². The maximum Gasteiger partial charge on any atom is 0.275 e. The van der Waals surface area contributed by atoms with Gasteiger partial charge in [0.15, 0.2) is 0 Å². The molecule has 1 aliphatic rings. The molecule has 0 aliphatic carbocycles. The van der Waals surface area contributed by atoms with E-state index in [0.29, 0.717) is 12.1 Å². The highest BCUT2D eigenvalue weighted by Gasteiger charge is 2.16. The Morgan fingerprint density at radius 1 is 1.47 bits per heavy atom. The summed E-state index contributed by atoms with van der Waals surface area (Å²) in [6.45, 7) is 2.06. The number of nitrogens with one attached hydrogen (secondary N) is 1. The second-order valence-electron chi connectivity index (χ2n) is 4.65. The maximum atomic E-state index is 11.0. The van der Waals surface area contributed by atoms with Gasteiger partial charge >= 0.3 is 0 Å². The molecule has 1 aromatic carbocycles. The van der Waals surface area contributed by atoms with Crippen LogP contribution in [-0.2, 0) is 11.3 Å². The molecular weight excluding hydrogens is 312 g/mol. The minimum Gasteiger partial charge on any atom is -0.377 e. The van der Waals surface area contributed by atoms with Gasteiger partial charge in [-0.2, -0.15) is 0 Å². The first-order chi connectivity index (χ1) is 9.16. The first-order valence-electron chi connectivity index (χ1n) is 6.42. The third-order valence-electron chi connectivity index (χ3n) is 3.21. The van der Waals surface area contributed by atoms with Crippen molar-refractivity contribution in [2.75, 3.05) is 13.2 Å². The Hall–Kier alpha value is -0.980. The van der Waals surface area contributed by atoms with Crippen LogP contribution in [0.25, 0.3) is 0 Å². The van der Waals surface area contributed by atoms with E-state index in [9.17, 15) is 10.1 Å². The second-order valence-corrected chi connectivity index (χ2v) is 5.57. The largest absolute Gasteiger partial charge is 0.377 e. The van der Waals surface area contributed by atoms with Gasteiger partial charge in [-0.25, -0.2) is 0 Å². The SMILES string of the molecule is O=[N+]([O-])c1cc(Br)ccc1CNCC1CCCCO1. The molecule has 0 radical (unpaired) electrons. The van der Waals surface area contributed by atoms with Crippen molar-refractivity contribution in [2.24, 2.45) is 0 Å². The van der Waals surface area contributed by atoms with E-state index in [2.05, 4.69) is 21.2 Å². The van der Waals surface area contributed by atoms with Gasteiger partial charge in [-0.05, 0) is 31.4 Å². The molecule has 0 aromatic heterocycles. The number of nitro benzene ring substituents is 1. The average molecular weight is 329 g/mol. The number of nitrogens with zero attached hydrogens (tertiary/aromatic N) is 1. The molecule has 1 saturated heterocycles. The van der Waals surface area contributed by atoms with Gasteiger partial charge in [-0.1, -0.05) is 15.9 Å². The Morgan fingerprint density at radius 3 is 3.00 bits per heavy atom. The van der Waals surface area contributed by atoms with E-state index in [0.717, 1.165) is 30.5 Å². The number of halogens is 1. The average Bonchev–Trinajstić information content (AvgIpc) is 2.41. The van der Waals surface area contributed by atoms with Crippen molar-refractivity contribution in [1.29, 1.82) is 0 Å². The summed E-state index contributed by atoms with van der Waals surface area (Å²) in [5.41, 5.74) is 0.843. The lowest BCUT2D eigenvalue weighted by atomic mass is 10.1. The predicted molar refractivity (Wildman–Crippen MR) is 76.1 cm³/mol. The number of benzene rings is 1. The molecule has 1 aromatic rings. The fourth-order valence-electron chi connectivity index (χ4n) is 2.19. The van der Waals surface area contributed by atoms with Gasteiger partial charge in [-0.15, -0.1) is 0 Å². The quantitative estimate of drug-likeness (QED) is 0.666. The summed E-state index contributed by atoms with van der Waals surface area (Å²) in [5, 5.41) is 14.2. The summed E-state index contributed by atoms with van der Waals surface area (Å²) in [4.78, 5) is 10.6. The van der Waals surface area contributed by atoms with Crippen molar-refractivity contribution in [3.8, 4) is 0 Å². The minimum absolute atomic E-state index is 0.145. The third-order valence-corrected chi connectivity index (χ3v) is 3.70. The van der Waals surface area contributed by atoms with Crippen LogP contribution in [-0.4, -0.2) is 24.2 Å². The van der Waals surface area contributed by atoms with Crippen molar-refractivity contribution >= 4 is 21.6 Å². The van der Waals surface area contributed by atoms with Crippen LogP contribution in [0.15, 0.2) is 22.7 Å². The zero-order valence-corrected chi connectivity index (χ0v) is 12.2. The fourth-order valence-corrected chi connectivity index (χ4v) is 2.54. The molecular formula is C13H17BrN2O3. The van der Waals surface area contributed by atoms with Crippen molar-refractivity contribution < 1.29 is 9.66 Å². The van der Waals surface area contributed by atoms with Gasteiger partial charge in [0, 0.05) is 35.8 Å². The molecule has 2 rings (SSSR count). The van der Waals surface area contributed by atoms with Gasteiger partial charge in [0.1, 0.15) is 0 Å². The topological polar surface area (TPSA) is 64.4 Å². The first kappa shape index (κ1) is 14.4. The number of rotatable bonds is 5. The van der Waals surface area contributed by atoms with E-state index in [1.54, 1.807) is 6.07 Å². The Kier molecular flexibility index (Phi) is 5.30. The molecule has 1 atom stereocenters. The minimum atomic E-state index is -0.348. The number of hydrogen-bond acceptors (Lipinski definition) is 4. The van der Waals surface area contributed by atoms with Gasteiger partial charge in [0.25, 0.3) is 5.69 Å². The van der Waals surface area contributed by atoms with Crippen LogP contribution in [0.5, 0.6) is 0 Å². The lowest BCUT2D eigenvalue weighted by Crippen LogP contribution is -2.31. The molecule has 0 bridgehead atoms. The molecule has 0 saturated carbocycles. The molecule has 19 heavy (non-hydrogen) atoms. The smallest absolute Gasteiger partial charge is 0.275 e.